The van der Waals surface area contributed by atoms with E-state index in [1.807, 2.05) is 31.2 Å². The van der Waals surface area contributed by atoms with Crippen LogP contribution in [0.5, 0.6) is 0 Å². The van der Waals surface area contributed by atoms with E-state index in [1.165, 1.54) is 5.56 Å². The highest BCUT2D eigenvalue weighted by atomic mass is 16.5. The number of hydrogen-bond acceptors (Lipinski definition) is 4. The van der Waals surface area contributed by atoms with E-state index in [4.69, 9.17) is 4.74 Å². The van der Waals surface area contributed by atoms with E-state index < -0.39 is 0 Å². The van der Waals surface area contributed by atoms with Crippen LogP contribution in [0.25, 0.3) is 0 Å². The van der Waals surface area contributed by atoms with Crippen LogP contribution in [0, 0.1) is 6.92 Å². The van der Waals surface area contributed by atoms with E-state index >= 15 is 0 Å². The third-order valence-electron chi connectivity index (χ3n) is 3.12. The Kier molecular flexibility index (Phi) is 5.91. The molecule has 116 valence electrons. The van der Waals surface area contributed by atoms with Crippen molar-refractivity contribution in [2.75, 3.05) is 25.6 Å². The van der Waals surface area contributed by atoms with Gasteiger partial charge >= 0.3 is 0 Å². The molecule has 5 nitrogen and oxygen atoms in total. The van der Waals surface area contributed by atoms with Crippen molar-refractivity contribution in [3.05, 3.63) is 53.9 Å². The van der Waals surface area contributed by atoms with Crippen molar-refractivity contribution < 1.29 is 9.53 Å². The molecule has 1 amide bonds. The largest absolute Gasteiger partial charge is 0.385 e. The number of ether oxygens (including phenoxy) is 1. The first-order valence-electron chi connectivity index (χ1n) is 7.25. The van der Waals surface area contributed by atoms with Crippen molar-refractivity contribution in [2.45, 2.75) is 13.3 Å². The highest BCUT2D eigenvalue weighted by molar-refractivity contribution is 5.94. The Bertz CT molecular complexity index is 629. The summed E-state index contributed by atoms with van der Waals surface area (Å²) in [6.45, 7) is 3.25. The molecule has 0 aliphatic rings. The Morgan fingerprint density at radius 3 is 2.86 bits per heavy atom. The van der Waals surface area contributed by atoms with Crippen molar-refractivity contribution in [2.24, 2.45) is 0 Å². The van der Waals surface area contributed by atoms with Gasteiger partial charge in [0, 0.05) is 32.1 Å². The maximum atomic E-state index is 12.0. The van der Waals surface area contributed by atoms with Crippen LogP contribution in [-0.2, 0) is 4.74 Å². The molecule has 5 heteroatoms. The fourth-order valence-corrected chi connectivity index (χ4v) is 2.04. The molecule has 0 atom stereocenters. The number of methoxy groups -OCH3 is 1. The molecular formula is C17H21N3O2. The highest BCUT2D eigenvalue weighted by Crippen LogP contribution is 2.17. The second kappa shape index (κ2) is 8.14. The lowest BCUT2D eigenvalue weighted by Gasteiger charge is -2.09. The van der Waals surface area contributed by atoms with E-state index in [0.717, 1.165) is 17.8 Å². The number of nitrogens with one attached hydrogen (secondary N) is 2. The Labute approximate surface area is 130 Å². The summed E-state index contributed by atoms with van der Waals surface area (Å²) in [4.78, 5) is 16.2. The molecule has 1 aromatic carbocycles. The highest BCUT2D eigenvalue weighted by Gasteiger charge is 2.06. The fraction of sp³-hybridized carbons (Fsp3) is 0.294. The molecule has 1 aromatic heterocycles. The summed E-state index contributed by atoms with van der Waals surface area (Å²) in [6.07, 6.45) is 4.05. The van der Waals surface area contributed by atoms with Crippen LogP contribution in [0.3, 0.4) is 0 Å². The summed E-state index contributed by atoms with van der Waals surface area (Å²) in [5.74, 6) is -0.128. The van der Waals surface area contributed by atoms with Gasteiger partial charge in [0.05, 0.1) is 17.4 Å². The van der Waals surface area contributed by atoms with Gasteiger partial charge in [0.1, 0.15) is 0 Å². The van der Waals surface area contributed by atoms with Crippen LogP contribution < -0.4 is 10.6 Å². The van der Waals surface area contributed by atoms with E-state index in [-0.39, 0.29) is 5.91 Å². The van der Waals surface area contributed by atoms with E-state index in [1.54, 1.807) is 25.6 Å². The van der Waals surface area contributed by atoms with E-state index in [9.17, 15) is 4.79 Å². The van der Waals surface area contributed by atoms with Gasteiger partial charge < -0.3 is 15.4 Å². The Morgan fingerprint density at radius 1 is 1.23 bits per heavy atom. The minimum atomic E-state index is -0.128. The Balaban J connectivity index is 1.98. The molecule has 0 aliphatic carbocycles. The zero-order valence-electron chi connectivity index (χ0n) is 12.9. The number of benzene rings is 1. The van der Waals surface area contributed by atoms with Gasteiger partial charge in [0.15, 0.2) is 0 Å². The number of anilines is 2. The zero-order chi connectivity index (χ0) is 15.8. The van der Waals surface area contributed by atoms with Crippen molar-refractivity contribution in [1.29, 1.82) is 0 Å². The van der Waals surface area contributed by atoms with Gasteiger partial charge in [-0.3, -0.25) is 9.78 Å². The number of carbonyl (C=O) groups excluding carboxylic acids is 1. The van der Waals surface area contributed by atoms with Gasteiger partial charge in [0.25, 0.3) is 5.91 Å². The smallest absolute Gasteiger partial charge is 0.252 e. The number of nitrogens with zero attached hydrogens (tertiary/aromatic N) is 1. The molecule has 0 aliphatic heterocycles. The molecule has 2 aromatic rings. The zero-order valence-corrected chi connectivity index (χ0v) is 12.9. The molecule has 2 rings (SSSR count). The minimum Gasteiger partial charge on any atom is -0.385 e. The van der Waals surface area contributed by atoms with E-state index in [2.05, 4.69) is 15.6 Å². The first-order valence-corrected chi connectivity index (χ1v) is 7.25. The maximum Gasteiger partial charge on any atom is 0.252 e. The van der Waals surface area contributed by atoms with Crippen LogP contribution in [0.15, 0.2) is 42.7 Å². The van der Waals surface area contributed by atoms with Crippen molar-refractivity contribution in [1.82, 2.24) is 10.3 Å². The number of carbonyl (C=O) groups is 1. The quantitative estimate of drug-likeness (QED) is 0.772. The van der Waals surface area contributed by atoms with Crippen LogP contribution >= 0.6 is 0 Å². The first kappa shape index (κ1) is 16.0. The Morgan fingerprint density at radius 2 is 2.09 bits per heavy atom. The summed E-state index contributed by atoms with van der Waals surface area (Å²) in [5.41, 5.74) is 3.47. The molecular weight excluding hydrogens is 278 g/mol. The molecule has 0 saturated carbocycles. The molecule has 0 fully saturated rings. The molecule has 0 radical (unpaired) electrons. The van der Waals surface area contributed by atoms with E-state index in [0.29, 0.717) is 18.7 Å². The fourth-order valence-electron chi connectivity index (χ4n) is 2.04. The first-order chi connectivity index (χ1) is 10.7. The van der Waals surface area contributed by atoms with Crippen LogP contribution in [0.2, 0.25) is 0 Å². The summed E-state index contributed by atoms with van der Waals surface area (Å²) in [6, 6.07) is 9.83. The normalized spacial score (nSPS) is 10.3. The van der Waals surface area contributed by atoms with Gasteiger partial charge in [-0.2, -0.15) is 0 Å². The summed E-state index contributed by atoms with van der Waals surface area (Å²) in [5, 5.41) is 6.10. The number of aryl methyl sites for hydroxylation is 1. The lowest BCUT2D eigenvalue weighted by atomic mass is 10.2. The second-order valence-corrected chi connectivity index (χ2v) is 5.06. The molecule has 0 bridgehead atoms. The summed E-state index contributed by atoms with van der Waals surface area (Å²) in [7, 11) is 1.65. The molecule has 2 N–H and O–H groups in total. The van der Waals surface area contributed by atoms with Gasteiger partial charge in [0.2, 0.25) is 0 Å². The maximum absolute atomic E-state index is 12.0. The molecule has 0 spiro atoms. The second-order valence-electron chi connectivity index (χ2n) is 5.06. The summed E-state index contributed by atoms with van der Waals surface area (Å²) >= 11 is 0. The lowest BCUT2D eigenvalue weighted by molar-refractivity contribution is 0.0948. The predicted octanol–water partition coefficient (Wildman–Crippen LogP) is 2.90. The van der Waals surface area contributed by atoms with Gasteiger partial charge in [-0.15, -0.1) is 0 Å². The third kappa shape index (κ3) is 4.86. The molecule has 0 saturated heterocycles. The number of rotatable bonds is 7. The van der Waals surface area contributed by atoms with Gasteiger partial charge in [-0.1, -0.05) is 12.1 Å². The minimum absolute atomic E-state index is 0.128. The van der Waals surface area contributed by atoms with Gasteiger partial charge in [-0.25, -0.2) is 0 Å². The van der Waals surface area contributed by atoms with Crippen molar-refractivity contribution in [3.63, 3.8) is 0 Å². The number of pyridine rings is 1. The van der Waals surface area contributed by atoms with Crippen molar-refractivity contribution >= 4 is 17.3 Å². The Hall–Kier alpha value is -2.40. The topological polar surface area (TPSA) is 63.2 Å². The monoisotopic (exact) mass is 299 g/mol. The average Bonchev–Trinajstić information content (AvgIpc) is 2.52. The lowest BCUT2D eigenvalue weighted by Crippen LogP contribution is -2.25. The number of aromatic nitrogens is 1. The van der Waals surface area contributed by atoms with Crippen LogP contribution in [0.1, 0.15) is 22.3 Å². The molecule has 0 unspecified atom stereocenters. The third-order valence-corrected chi connectivity index (χ3v) is 3.12. The average molecular weight is 299 g/mol. The summed E-state index contributed by atoms with van der Waals surface area (Å²) < 4.78 is 4.95. The van der Waals surface area contributed by atoms with Crippen LogP contribution in [0.4, 0.5) is 11.4 Å². The standard InChI is InChI=1S/C17H21N3O2/c1-13-5-3-6-15(9-13)20-16-10-14(11-18-12-16)17(21)19-7-4-8-22-2/h3,5-6,9-12,20H,4,7-8H2,1-2H3,(H,19,21). The SMILES string of the molecule is COCCCNC(=O)c1cncc(Nc2cccc(C)c2)c1. The van der Waals surface area contributed by atoms with Gasteiger partial charge in [-0.05, 0) is 37.1 Å². The van der Waals surface area contributed by atoms with Crippen molar-refractivity contribution in [3.8, 4) is 0 Å². The molecule has 22 heavy (non-hydrogen) atoms. The molecule has 1 heterocycles. The number of amides is 1. The van der Waals surface area contributed by atoms with Crippen LogP contribution in [-0.4, -0.2) is 31.2 Å². The predicted molar refractivity (Wildman–Crippen MR) is 87.5 cm³/mol. The number of hydrogen-bond donors (Lipinski definition) is 2.